The molecule has 0 amide bonds. The summed E-state index contributed by atoms with van der Waals surface area (Å²) >= 11 is 0. The lowest BCUT2D eigenvalue weighted by molar-refractivity contribution is 0.319. The van der Waals surface area contributed by atoms with Gasteiger partial charge in [-0.2, -0.15) is 4.31 Å². The zero-order chi connectivity index (χ0) is 15.5. The number of sulfonamides is 1. The largest absolute Gasteiger partial charge is 0.494 e. The lowest BCUT2D eigenvalue weighted by Gasteiger charge is -2.20. The first-order chi connectivity index (χ1) is 10.0. The van der Waals surface area contributed by atoms with E-state index >= 15 is 0 Å². The summed E-state index contributed by atoms with van der Waals surface area (Å²) in [6, 6.07) is 3.34. The molecule has 2 rings (SSSR count). The maximum atomic E-state index is 12.8. The van der Waals surface area contributed by atoms with Gasteiger partial charge in [0.25, 0.3) is 0 Å². The van der Waals surface area contributed by atoms with Crippen LogP contribution in [0.3, 0.4) is 0 Å². The third-order valence-electron chi connectivity index (χ3n) is 3.52. The highest BCUT2D eigenvalue weighted by atomic mass is 32.2. The zero-order valence-corrected chi connectivity index (χ0v) is 13.7. The highest BCUT2D eigenvalue weighted by Gasteiger charge is 2.31. The second-order valence-corrected chi connectivity index (χ2v) is 6.95. The molecule has 0 N–H and O–H groups in total. The van der Waals surface area contributed by atoms with Crippen molar-refractivity contribution < 1.29 is 17.9 Å². The molecule has 0 radical (unpaired) electrons. The predicted molar refractivity (Wildman–Crippen MR) is 81.5 cm³/mol. The number of ether oxygens (including phenoxy) is 2. The van der Waals surface area contributed by atoms with E-state index in [1.807, 2.05) is 20.8 Å². The van der Waals surface area contributed by atoms with E-state index in [1.165, 1.54) is 4.31 Å². The van der Waals surface area contributed by atoms with Crippen LogP contribution in [0.5, 0.6) is 11.5 Å². The fourth-order valence-electron chi connectivity index (χ4n) is 2.49. The molecule has 1 heterocycles. The Morgan fingerprint density at radius 1 is 1.05 bits per heavy atom. The Kier molecular flexibility index (Phi) is 5.11. The molecule has 1 aromatic carbocycles. The third kappa shape index (κ3) is 3.32. The fraction of sp³-hybridized carbons (Fsp3) is 0.600. The van der Waals surface area contributed by atoms with Gasteiger partial charge in [0.2, 0.25) is 10.0 Å². The normalized spacial score (nSPS) is 16.1. The van der Waals surface area contributed by atoms with E-state index < -0.39 is 10.0 Å². The Bertz CT molecular complexity index is 592. The van der Waals surface area contributed by atoms with E-state index in [0.29, 0.717) is 37.8 Å². The molecule has 0 spiro atoms. The first-order valence-corrected chi connectivity index (χ1v) is 8.85. The molecule has 0 saturated carbocycles. The van der Waals surface area contributed by atoms with Crippen LogP contribution in [0.15, 0.2) is 17.0 Å². The molecule has 0 aromatic heterocycles. The number of rotatable bonds is 6. The predicted octanol–water partition coefficient (Wildman–Crippen LogP) is 2.58. The maximum Gasteiger partial charge on any atom is 0.246 e. The van der Waals surface area contributed by atoms with Crippen LogP contribution in [0, 0.1) is 6.92 Å². The van der Waals surface area contributed by atoms with Gasteiger partial charge in [0.15, 0.2) is 0 Å². The fourth-order valence-corrected chi connectivity index (χ4v) is 4.14. The lowest BCUT2D eigenvalue weighted by atomic mass is 10.2. The zero-order valence-electron chi connectivity index (χ0n) is 12.9. The minimum absolute atomic E-state index is 0.209. The quantitative estimate of drug-likeness (QED) is 0.810. The minimum atomic E-state index is -3.52. The highest BCUT2D eigenvalue weighted by Crippen LogP contribution is 2.34. The Balaban J connectivity index is 2.50. The molecule has 1 saturated heterocycles. The summed E-state index contributed by atoms with van der Waals surface area (Å²) in [5, 5.41) is 0. The van der Waals surface area contributed by atoms with Crippen molar-refractivity contribution in [2.75, 3.05) is 26.3 Å². The summed E-state index contributed by atoms with van der Waals surface area (Å²) < 4.78 is 38.2. The summed E-state index contributed by atoms with van der Waals surface area (Å²) in [5.74, 6) is 1.00. The van der Waals surface area contributed by atoms with Gasteiger partial charge >= 0.3 is 0 Å². The molecular weight excluding hydrogens is 290 g/mol. The molecule has 0 aliphatic carbocycles. The first-order valence-electron chi connectivity index (χ1n) is 7.41. The third-order valence-corrected chi connectivity index (χ3v) is 5.44. The first kappa shape index (κ1) is 16.1. The van der Waals surface area contributed by atoms with Crippen LogP contribution in [0.25, 0.3) is 0 Å². The van der Waals surface area contributed by atoms with Crippen LogP contribution in [-0.2, 0) is 10.0 Å². The Labute approximate surface area is 126 Å². The van der Waals surface area contributed by atoms with Crippen LogP contribution in [0.2, 0.25) is 0 Å². The standard InChI is InChI=1S/C15H23NO4S/c1-4-19-13-11-15(14(20-5-2)10-12(13)3)21(17,18)16-8-6-7-9-16/h10-11H,4-9H2,1-3H3. The van der Waals surface area contributed by atoms with Crippen molar-refractivity contribution in [3.05, 3.63) is 17.7 Å². The second-order valence-electron chi connectivity index (χ2n) is 5.04. The molecule has 5 nitrogen and oxygen atoms in total. The molecule has 21 heavy (non-hydrogen) atoms. The molecule has 0 unspecified atom stereocenters. The van der Waals surface area contributed by atoms with E-state index in [0.717, 1.165) is 18.4 Å². The van der Waals surface area contributed by atoms with Crippen LogP contribution in [0.1, 0.15) is 32.3 Å². The van der Waals surface area contributed by atoms with Crippen molar-refractivity contribution in [2.24, 2.45) is 0 Å². The SMILES string of the molecule is CCOc1cc(S(=O)(=O)N2CCCC2)c(OCC)cc1C. The average molecular weight is 313 g/mol. The highest BCUT2D eigenvalue weighted by molar-refractivity contribution is 7.89. The second kappa shape index (κ2) is 6.66. The van der Waals surface area contributed by atoms with E-state index in [2.05, 4.69) is 0 Å². The molecule has 1 aliphatic heterocycles. The van der Waals surface area contributed by atoms with E-state index in [9.17, 15) is 8.42 Å². The molecule has 0 atom stereocenters. The summed E-state index contributed by atoms with van der Waals surface area (Å²) in [7, 11) is -3.52. The topological polar surface area (TPSA) is 55.8 Å². The molecule has 1 fully saturated rings. The average Bonchev–Trinajstić information content (AvgIpc) is 2.96. The molecule has 118 valence electrons. The monoisotopic (exact) mass is 313 g/mol. The number of benzene rings is 1. The van der Waals surface area contributed by atoms with Gasteiger partial charge < -0.3 is 9.47 Å². The summed E-state index contributed by atoms with van der Waals surface area (Å²) in [6.45, 7) is 7.69. The number of aryl methyl sites for hydroxylation is 1. The summed E-state index contributed by atoms with van der Waals surface area (Å²) in [6.07, 6.45) is 1.82. The van der Waals surface area contributed by atoms with Gasteiger partial charge in [0.1, 0.15) is 16.4 Å². The summed E-state index contributed by atoms with van der Waals surface area (Å²) in [4.78, 5) is 0.209. The van der Waals surface area contributed by atoms with Crippen LogP contribution < -0.4 is 9.47 Å². The Morgan fingerprint density at radius 2 is 1.62 bits per heavy atom. The van der Waals surface area contributed by atoms with E-state index in [1.54, 1.807) is 12.1 Å². The molecule has 0 bridgehead atoms. The van der Waals surface area contributed by atoms with Crippen molar-refractivity contribution >= 4 is 10.0 Å². The minimum Gasteiger partial charge on any atom is -0.494 e. The van der Waals surface area contributed by atoms with Gasteiger partial charge in [-0.15, -0.1) is 0 Å². The molecule has 6 heteroatoms. The number of nitrogens with zero attached hydrogens (tertiary/aromatic N) is 1. The molecule has 1 aromatic rings. The Morgan fingerprint density at radius 3 is 2.19 bits per heavy atom. The van der Waals surface area contributed by atoms with Crippen molar-refractivity contribution in [2.45, 2.75) is 38.5 Å². The van der Waals surface area contributed by atoms with Gasteiger partial charge in [0, 0.05) is 19.2 Å². The van der Waals surface area contributed by atoms with Crippen LogP contribution in [0.4, 0.5) is 0 Å². The van der Waals surface area contributed by atoms with Gasteiger partial charge in [-0.3, -0.25) is 0 Å². The van der Waals surface area contributed by atoms with Gasteiger partial charge in [-0.1, -0.05) is 0 Å². The van der Waals surface area contributed by atoms with Gasteiger partial charge in [0.05, 0.1) is 13.2 Å². The van der Waals surface area contributed by atoms with Crippen molar-refractivity contribution in [3.8, 4) is 11.5 Å². The summed E-state index contributed by atoms with van der Waals surface area (Å²) in [5.41, 5.74) is 0.876. The van der Waals surface area contributed by atoms with Gasteiger partial charge in [-0.05, 0) is 45.2 Å². The smallest absolute Gasteiger partial charge is 0.246 e. The van der Waals surface area contributed by atoms with E-state index in [-0.39, 0.29) is 4.90 Å². The lowest BCUT2D eigenvalue weighted by Crippen LogP contribution is -2.28. The van der Waals surface area contributed by atoms with Gasteiger partial charge in [-0.25, -0.2) is 8.42 Å². The Hall–Kier alpha value is -1.27. The maximum absolute atomic E-state index is 12.8. The van der Waals surface area contributed by atoms with Crippen molar-refractivity contribution in [3.63, 3.8) is 0 Å². The van der Waals surface area contributed by atoms with Crippen molar-refractivity contribution in [1.82, 2.24) is 4.31 Å². The van der Waals surface area contributed by atoms with Crippen LogP contribution in [-0.4, -0.2) is 39.0 Å². The van der Waals surface area contributed by atoms with E-state index in [4.69, 9.17) is 9.47 Å². The molecule has 1 aliphatic rings. The van der Waals surface area contributed by atoms with Crippen LogP contribution >= 0.6 is 0 Å². The number of hydrogen-bond acceptors (Lipinski definition) is 4. The molecular formula is C15H23NO4S. The van der Waals surface area contributed by atoms with Crippen molar-refractivity contribution in [1.29, 1.82) is 0 Å². The number of hydrogen-bond donors (Lipinski definition) is 0.